The number of aromatic nitrogens is 1. The molecule has 1 atom stereocenters. The lowest BCUT2D eigenvalue weighted by atomic mass is 10.2. The molecule has 22 heavy (non-hydrogen) atoms. The van der Waals surface area contributed by atoms with Crippen LogP contribution in [0.2, 0.25) is 23.2 Å². The Bertz CT molecular complexity index is 546. The van der Waals surface area contributed by atoms with Gasteiger partial charge < -0.3 is 9.16 Å². The van der Waals surface area contributed by atoms with Gasteiger partial charge in [-0.1, -0.05) is 32.4 Å². The minimum atomic E-state index is -1.87. The molecule has 0 saturated heterocycles. The highest BCUT2D eigenvalue weighted by Crippen LogP contribution is 2.37. The van der Waals surface area contributed by atoms with Crippen LogP contribution in [-0.4, -0.2) is 30.9 Å². The Balaban J connectivity index is 2.65. The molecule has 0 spiro atoms. The van der Waals surface area contributed by atoms with E-state index in [1.54, 1.807) is 0 Å². The summed E-state index contributed by atoms with van der Waals surface area (Å²) in [7, 11) is -1.87. The molecule has 1 unspecified atom stereocenters. The van der Waals surface area contributed by atoms with Crippen molar-refractivity contribution < 1.29 is 14.1 Å². The lowest BCUT2D eigenvalue weighted by Crippen LogP contribution is -2.44. The SMILES string of the molecule is CC(COc1ncc([N+](=O)[O-])cc1Cl)O[Si](C)(C)C(C)(C)C. The summed E-state index contributed by atoms with van der Waals surface area (Å²) in [6.07, 6.45) is 1.01. The van der Waals surface area contributed by atoms with Crippen molar-refractivity contribution in [2.75, 3.05) is 6.61 Å². The second-order valence-electron chi connectivity index (χ2n) is 6.74. The number of halogens is 1. The van der Waals surface area contributed by atoms with E-state index in [0.29, 0.717) is 0 Å². The van der Waals surface area contributed by atoms with Crippen LogP contribution in [0.4, 0.5) is 5.69 Å². The summed E-state index contributed by atoms with van der Waals surface area (Å²) in [6.45, 7) is 13.1. The summed E-state index contributed by atoms with van der Waals surface area (Å²) < 4.78 is 11.7. The molecule has 6 nitrogen and oxygen atoms in total. The average molecular weight is 347 g/mol. The highest BCUT2D eigenvalue weighted by atomic mass is 35.5. The summed E-state index contributed by atoms with van der Waals surface area (Å²) in [5.74, 6) is 0.179. The molecule has 1 rings (SSSR count). The second kappa shape index (κ2) is 6.93. The molecular formula is C14H23ClN2O4Si. The fourth-order valence-electron chi connectivity index (χ4n) is 1.53. The monoisotopic (exact) mass is 346 g/mol. The van der Waals surface area contributed by atoms with Gasteiger partial charge in [-0.15, -0.1) is 0 Å². The minimum Gasteiger partial charge on any atom is -0.474 e. The summed E-state index contributed by atoms with van der Waals surface area (Å²) in [6, 6.07) is 1.23. The molecule has 1 aromatic heterocycles. The average Bonchev–Trinajstić information content (AvgIpc) is 2.35. The third kappa shape index (κ3) is 4.93. The summed E-state index contributed by atoms with van der Waals surface area (Å²) in [4.78, 5) is 14.0. The van der Waals surface area contributed by atoms with E-state index in [4.69, 9.17) is 20.8 Å². The third-order valence-corrected chi connectivity index (χ3v) is 8.64. The molecule has 8 heteroatoms. The van der Waals surface area contributed by atoms with Gasteiger partial charge in [0, 0.05) is 6.07 Å². The minimum absolute atomic E-state index is 0.116. The van der Waals surface area contributed by atoms with Gasteiger partial charge in [0.1, 0.15) is 17.8 Å². The first-order valence-corrected chi connectivity index (χ1v) is 10.3. The first-order chi connectivity index (χ1) is 9.94. The molecule has 0 radical (unpaired) electrons. The zero-order valence-electron chi connectivity index (χ0n) is 13.8. The molecule has 0 aliphatic rings. The normalized spacial score (nSPS) is 13.8. The molecule has 0 amide bonds. The molecule has 0 saturated carbocycles. The summed E-state index contributed by atoms with van der Waals surface area (Å²) in [5.41, 5.74) is -0.164. The predicted molar refractivity (Wildman–Crippen MR) is 89.1 cm³/mol. The Morgan fingerprint density at radius 3 is 2.50 bits per heavy atom. The Kier molecular flexibility index (Phi) is 5.94. The molecule has 0 bridgehead atoms. The largest absolute Gasteiger partial charge is 0.474 e. The van der Waals surface area contributed by atoms with Crippen LogP contribution in [0.1, 0.15) is 27.7 Å². The zero-order valence-corrected chi connectivity index (χ0v) is 15.6. The Morgan fingerprint density at radius 2 is 2.05 bits per heavy atom. The van der Waals surface area contributed by atoms with Crippen LogP contribution in [0.5, 0.6) is 5.88 Å². The summed E-state index contributed by atoms with van der Waals surface area (Å²) in [5, 5.41) is 10.9. The van der Waals surface area contributed by atoms with Crippen molar-refractivity contribution >= 4 is 25.6 Å². The van der Waals surface area contributed by atoms with Gasteiger partial charge >= 0.3 is 0 Å². The molecule has 1 aromatic rings. The number of hydrogen-bond donors (Lipinski definition) is 0. The Hall–Kier alpha value is -1.18. The van der Waals surface area contributed by atoms with Gasteiger partial charge in [-0.05, 0) is 25.1 Å². The van der Waals surface area contributed by atoms with Crippen LogP contribution in [0, 0.1) is 10.1 Å². The van der Waals surface area contributed by atoms with Crippen molar-refractivity contribution in [3.63, 3.8) is 0 Å². The van der Waals surface area contributed by atoms with Crippen molar-refractivity contribution in [2.24, 2.45) is 0 Å². The maximum absolute atomic E-state index is 10.6. The fourth-order valence-corrected chi connectivity index (χ4v) is 3.17. The van der Waals surface area contributed by atoms with Crippen LogP contribution >= 0.6 is 11.6 Å². The molecule has 0 N–H and O–H groups in total. The van der Waals surface area contributed by atoms with Crippen molar-refractivity contribution in [3.8, 4) is 5.88 Å². The quantitative estimate of drug-likeness (QED) is 0.432. The van der Waals surface area contributed by atoms with E-state index in [1.165, 1.54) is 6.07 Å². The molecule has 0 aromatic carbocycles. The van der Waals surface area contributed by atoms with Crippen LogP contribution in [0.25, 0.3) is 0 Å². The van der Waals surface area contributed by atoms with E-state index in [2.05, 4.69) is 38.8 Å². The van der Waals surface area contributed by atoms with Crippen LogP contribution < -0.4 is 4.74 Å². The number of rotatable bonds is 6. The molecular weight excluding hydrogens is 324 g/mol. The van der Waals surface area contributed by atoms with Crippen LogP contribution in [0.15, 0.2) is 12.3 Å². The molecule has 0 aliphatic carbocycles. The van der Waals surface area contributed by atoms with Crippen molar-refractivity contribution in [3.05, 3.63) is 27.4 Å². The van der Waals surface area contributed by atoms with E-state index < -0.39 is 13.2 Å². The van der Waals surface area contributed by atoms with E-state index in [0.717, 1.165) is 6.20 Å². The third-order valence-electron chi connectivity index (χ3n) is 3.76. The topological polar surface area (TPSA) is 74.5 Å². The van der Waals surface area contributed by atoms with Gasteiger partial charge in [-0.3, -0.25) is 10.1 Å². The van der Waals surface area contributed by atoms with Gasteiger partial charge in [0.15, 0.2) is 8.32 Å². The highest BCUT2D eigenvalue weighted by molar-refractivity contribution is 6.74. The van der Waals surface area contributed by atoms with Crippen LogP contribution in [-0.2, 0) is 4.43 Å². The fraction of sp³-hybridized carbons (Fsp3) is 0.643. The Labute approximate surface area is 137 Å². The predicted octanol–water partition coefficient (Wildman–Crippen LogP) is 4.43. The lowest BCUT2D eigenvalue weighted by molar-refractivity contribution is -0.385. The second-order valence-corrected chi connectivity index (χ2v) is 11.9. The number of nitrogens with zero attached hydrogens (tertiary/aromatic N) is 2. The van der Waals surface area contributed by atoms with E-state index in [-0.39, 0.29) is 34.3 Å². The maximum Gasteiger partial charge on any atom is 0.289 e. The van der Waals surface area contributed by atoms with E-state index >= 15 is 0 Å². The number of ether oxygens (including phenoxy) is 1. The number of hydrogen-bond acceptors (Lipinski definition) is 5. The van der Waals surface area contributed by atoms with Gasteiger partial charge in [-0.2, -0.15) is 0 Å². The first-order valence-electron chi connectivity index (χ1n) is 7.04. The molecule has 124 valence electrons. The van der Waals surface area contributed by atoms with E-state index in [1.807, 2.05) is 6.92 Å². The van der Waals surface area contributed by atoms with Crippen molar-refractivity contribution in [2.45, 2.75) is 51.9 Å². The number of pyridine rings is 1. The first kappa shape index (κ1) is 18.9. The molecule has 0 aliphatic heterocycles. The van der Waals surface area contributed by atoms with Gasteiger partial charge in [0.25, 0.3) is 5.69 Å². The standard InChI is InChI=1S/C14H23ClN2O4Si/c1-10(21-22(5,6)14(2,3)4)9-20-13-12(15)7-11(8-16-13)17(18)19/h7-8,10H,9H2,1-6H3. The molecule has 1 heterocycles. The Morgan fingerprint density at radius 1 is 1.45 bits per heavy atom. The zero-order chi connectivity index (χ0) is 17.1. The maximum atomic E-state index is 10.6. The summed E-state index contributed by atoms with van der Waals surface area (Å²) >= 11 is 5.94. The smallest absolute Gasteiger partial charge is 0.289 e. The van der Waals surface area contributed by atoms with Crippen LogP contribution in [0.3, 0.4) is 0 Å². The van der Waals surface area contributed by atoms with Gasteiger partial charge in [0.2, 0.25) is 5.88 Å². The lowest BCUT2D eigenvalue weighted by Gasteiger charge is -2.38. The van der Waals surface area contributed by atoms with E-state index in [9.17, 15) is 10.1 Å². The number of nitro groups is 1. The van der Waals surface area contributed by atoms with Gasteiger partial charge in [0.05, 0.1) is 11.0 Å². The van der Waals surface area contributed by atoms with Crippen molar-refractivity contribution in [1.29, 1.82) is 0 Å². The molecule has 0 fully saturated rings. The van der Waals surface area contributed by atoms with Gasteiger partial charge in [-0.25, -0.2) is 4.98 Å². The highest BCUT2D eigenvalue weighted by Gasteiger charge is 2.38. The van der Waals surface area contributed by atoms with Crippen molar-refractivity contribution in [1.82, 2.24) is 4.98 Å².